The smallest absolute Gasteiger partial charge is 0.126 e. The van der Waals surface area contributed by atoms with Crippen molar-refractivity contribution in [1.29, 1.82) is 0 Å². The number of phenolic OH excluding ortho intramolecular Hbond substituents is 1. The van der Waals surface area contributed by atoms with Crippen LogP contribution < -0.4 is 5.73 Å². The maximum absolute atomic E-state index is 9.51. The molecule has 1 heterocycles. The van der Waals surface area contributed by atoms with E-state index in [0.29, 0.717) is 0 Å². The summed E-state index contributed by atoms with van der Waals surface area (Å²) in [6.45, 7) is 6.08. The van der Waals surface area contributed by atoms with Gasteiger partial charge in [-0.05, 0) is 32.9 Å². The molecule has 86 valence electrons. The summed E-state index contributed by atoms with van der Waals surface area (Å²) in [4.78, 5) is 4.50. The first-order valence-electron chi connectivity index (χ1n) is 5.47. The van der Waals surface area contributed by atoms with E-state index in [4.69, 9.17) is 5.73 Å². The van der Waals surface area contributed by atoms with Gasteiger partial charge in [0.15, 0.2) is 0 Å². The van der Waals surface area contributed by atoms with Gasteiger partial charge in [0, 0.05) is 12.1 Å². The Morgan fingerprint density at radius 2 is 2.00 bits per heavy atom. The van der Waals surface area contributed by atoms with Crippen molar-refractivity contribution in [2.24, 2.45) is 5.73 Å². The molecule has 2 rings (SSSR count). The quantitative estimate of drug-likeness (QED) is 0.814. The van der Waals surface area contributed by atoms with Crippen molar-refractivity contribution >= 4 is 11.0 Å². The van der Waals surface area contributed by atoms with Crippen molar-refractivity contribution in [2.75, 3.05) is 0 Å². The van der Waals surface area contributed by atoms with E-state index in [1.807, 2.05) is 13.0 Å². The zero-order valence-electron chi connectivity index (χ0n) is 9.81. The molecule has 4 heteroatoms. The standard InChI is InChI=1S/C12H17N3O/c1-7(2)15-11-6-9(16)4-5-10(11)14-12(15)8(3)13/h4-8,16H,13H2,1-3H3/t8-/m0/s1. The number of hydrogen-bond acceptors (Lipinski definition) is 3. The van der Waals surface area contributed by atoms with Crippen LogP contribution in [0.25, 0.3) is 11.0 Å². The van der Waals surface area contributed by atoms with Crippen LogP contribution >= 0.6 is 0 Å². The molecule has 0 amide bonds. The minimum atomic E-state index is -0.114. The third-order valence-corrected chi connectivity index (χ3v) is 2.62. The van der Waals surface area contributed by atoms with Crippen LogP contribution in [0.4, 0.5) is 0 Å². The van der Waals surface area contributed by atoms with E-state index in [9.17, 15) is 5.11 Å². The lowest BCUT2D eigenvalue weighted by Crippen LogP contribution is -2.14. The average Bonchev–Trinajstić information content (AvgIpc) is 2.55. The normalized spacial score (nSPS) is 13.6. The van der Waals surface area contributed by atoms with E-state index in [2.05, 4.69) is 23.4 Å². The Bertz CT molecular complexity index is 514. The van der Waals surface area contributed by atoms with Gasteiger partial charge in [0.1, 0.15) is 11.6 Å². The van der Waals surface area contributed by atoms with E-state index in [1.54, 1.807) is 12.1 Å². The lowest BCUT2D eigenvalue weighted by molar-refractivity contribution is 0.475. The molecular formula is C12H17N3O. The summed E-state index contributed by atoms with van der Waals surface area (Å²) in [6.07, 6.45) is 0. The molecule has 1 aromatic heterocycles. The zero-order valence-corrected chi connectivity index (χ0v) is 9.81. The second-order valence-corrected chi connectivity index (χ2v) is 4.40. The van der Waals surface area contributed by atoms with Gasteiger partial charge in [-0.3, -0.25) is 0 Å². The summed E-state index contributed by atoms with van der Waals surface area (Å²) in [5, 5.41) is 9.51. The van der Waals surface area contributed by atoms with Crippen molar-refractivity contribution in [3.05, 3.63) is 24.0 Å². The Labute approximate surface area is 94.7 Å². The lowest BCUT2D eigenvalue weighted by Gasteiger charge is -2.14. The lowest BCUT2D eigenvalue weighted by atomic mass is 10.2. The van der Waals surface area contributed by atoms with Gasteiger partial charge >= 0.3 is 0 Å². The molecule has 0 aliphatic heterocycles. The Morgan fingerprint density at radius 3 is 2.56 bits per heavy atom. The van der Waals surface area contributed by atoms with E-state index in [-0.39, 0.29) is 17.8 Å². The first-order valence-corrected chi connectivity index (χ1v) is 5.47. The van der Waals surface area contributed by atoms with Gasteiger partial charge < -0.3 is 15.4 Å². The van der Waals surface area contributed by atoms with Crippen molar-refractivity contribution in [3.8, 4) is 5.75 Å². The Morgan fingerprint density at radius 1 is 1.31 bits per heavy atom. The second kappa shape index (κ2) is 3.79. The molecule has 4 nitrogen and oxygen atoms in total. The van der Waals surface area contributed by atoms with Crippen LogP contribution in [0.2, 0.25) is 0 Å². The molecule has 0 saturated carbocycles. The number of imidazole rings is 1. The van der Waals surface area contributed by atoms with Crippen molar-refractivity contribution in [1.82, 2.24) is 9.55 Å². The topological polar surface area (TPSA) is 64.1 Å². The highest BCUT2D eigenvalue weighted by molar-refractivity contribution is 5.78. The van der Waals surface area contributed by atoms with Gasteiger partial charge in [-0.1, -0.05) is 0 Å². The predicted octanol–water partition coefficient (Wildman–Crippen LogP) is 2.34. The fraction of sp³-hybridized carbons (Fsp3) is 0.417. The number of nitrogens with two attached hydrogens (primary N) is 1. The fourth-order valence-corrected chi connectivity index (χ4v) is 1.96. The number of rotatable bonds is 2. The minimum absolute atomic E-state index is 0.114. The molecule has 0 aliphatic carbocycles. The Kier molecular flexibility index (Phi) is 2.59. The third-order valence-electron chi connectivity index (χ3n) is 2.62. The number of benzene rings is 1. The maximum Gasteiger partial charge on any atom is 0.126 e. The molecule has 16 heavy (non-hydrogen) atoms. The number of fused-ring (bicyclic) bond motifs is 1. The van der Waals surface area contributed by atoms with E-state index >= 15 is 0 Å². The summed E-state index contributed by atoms with van der Waals surface area (Å²) in [5.74, 6) is 1.11. The van der Waals surface area contributed by atoms with Crippen molar-refractivity contribution in [2.45, 2.75) is 32.9 Å². The zero-order chi connectivity index (χ0) is 11.9. The van der Waals surface area contributed by atoms with Crippen LogP contribution in [0, 0.1) is 0 Å². The maximum atomic E-state index is 9.51. The molecular weight excluding hydrogens is 202 g/mol. The third kappa shape index (κ3) is 1.65. The molecule has 1 aromatic carbocycles. The van der Waals surface area contributed by atoms with Crippen LogP contribution in [-0.2, 0) is 0 Å². The summed E-state index contributed by atoms with van der Waals surface area (Å²) in [7, 11) is 0. The van der Waals surface area contributed by atoms with Crippen LogP contribution in [0.3, 0.4) is 0 Å². The minimum Gasteiger partial charge on any atom is -0.508 e. The summed E-state index contributed by atoms with van der Waals surface area (Å²) in [6, 6.07) is 5.35. The van der Waals surface area contributed by atoms with Crippen LogP contribution in [0.1, 0.15) is 38.7 Å². The SMILES string of the molecule is CC(C)n1c([C@H](C)N)nc2ccc(O)cc21. The molecule has 0 saturated heterocycles. The number of aromatic hydroxyl groups is 1. The fourth-order valence-electron chi connectivity index (χ4n) is 1.96. The highest BCUT2D eigenvalue weighted by Crippen LogP contribution is 2.26. The predicted molar refractivity (Wildman–Crippen MR) is 64.4 cm³/mol. The van der Waals surface area contributed by atoms with E-state index in [1.165, 1.54) is 0 Å². The molecule has 3 N–H and O–H groups in total. The number of phenols is 1. The van der Waals surface area contributed by atoms with Crippen molar-refractivity contribution < 1.29 is 5.11 Å². The van der Waals surface area contributed by atoms with E-state index in [0.717, 1.165) is 16.9 Å². The molecule has 1 atom stereocenters. The molecule has 0 fully saturated rings. The molecule has 0 spiro atoms. The number of aromatic nitrogens is 2. The number of hydrogen-bond donors (Lipinski definition) is 2. The molecule has 0 radical (unpaired) electrons. The molecule has 2 aromatic rings. The van der Waals surface area contributed by atoms with Gasteiger partial charge in [-0.15, -0.1) is 0 Å². The Balaban J connectivity index is 2.77. The molecule has 0 unspecified atom stereocenters. The summed E-state index contributed by atoms with van der Waals surface area (Å²) < 4.78 is 2.07. The largest absolute Gasteiger partial charge is 0.508 e. The number of nitrogens with zero attached hydrogens (tertiary/aromatic N) is 2. The summed E-state index contributed by atoms with van der Waals surface area (Å²) in [5.41, 5.74) is 7.71. The van der Waals surface area contributed by atoms with Gasteiger partial charge in [0.25, 0.3) is 0 Å². The van der Waals surface area contributed by atoms with Crippen molar-refractivity contribution in [3.63, 3.8) is 0 Å². The molecule has 0 aliphatic rings. The van der Waals surface area contributed by atoms with E-state index < -0.39 is 0 Å². The summed E-state index contributed by atoms with van der Waals surface area (Å²) >= 11 is 0. The van der Waals surface area contributed by atoms with Crippen LogP contribution in [-0.4, -0.2) is 14.7 Å². The van der Waals surface area contributed by atoms with Gasteiger partial charge in [-0.25, -0.2) is 4.98 Å². The van der Waals surface area contributed by atoms with Gasteiger partial charge in [0.2, 0.25) is 0 Å². The highest BCUT2D eigenvalue weighted by Gasteiger charge is 2.16. The first kappa shape index (κ1) is 11.0. The highest BCUT2D eigenvalue weighted by atomic mass is 16.3. The molecule has 0 bridgehead atoms. The monoisotopic (exact) mass is 219 g/mol. The average molecular weight is 219 g/mol. The van der Waals surface area contributed by atoms with Gasteiger partial charge in [0.05, 0.1) is 17.1 Å². The second-order valence-electron chi connectivity index (χ2n) is 4.40. The first-order chi connectivity index (χ1) is 7.50. The van der Waals surface area contributed by atoms with Crippen LogP contribution in [0.15, 0.2) is 18.2 Å². The van der Waals surface area contributed by atoms with Gasteiger partial charge in [-0.2, -0.15) is 0 Å². The van der Waals surface area contributed by atoms with Crippen LogP contribution in [0.5, 0.6) is 5.75 Å². The Hall–Kier alpha value is -1.55.